The third kappa shape index (κ3) is 7.87. The van der Waals surface area contributed by atoms with Crippen LogP contribution in [-0.2, 0) is 31.9 Å². The second-order valence-electron chi connectivity index (χ2n) is 17.6. The fraction of sp³-hybridized carbons (Fsp3) is 0.185. The number of aryl methyl sites for hydroxylation is 2. The summed E-state index contributed by atoms with van der Waals surface area (Å²) in [5, 5.41) is 2.25. The van der Waals surface area contributed by atoms with E-state index in [1.54, 1.807) is 0 Å². The van der Waals surface area contributed by atoms with E-state index in [1.165, 1.54) is 33.4 Å². The summed E-state index contributed by atoms with van der Waals surface area (Å²) in [4.78, 5) is 4.99. The van der Waals surface area contributed by atoms with E-state index in [2.05, 4.69) is 175 Å². The molecule has 9 aromatic rings. The monoisotopic (exact) mass is 963 g/mol. The van der Waals surface area contributed by atoms with Gasteiger partial charge in [-0.1, -0.05) is 114 Å². The van der Waals surface area contributed by atoms with Crippen LogP contribution in [0.5, 0.6) is 11.5 Å². The summed E-state index contributed by atoms with van der Waals surface area (Å²) in [6.45, 7) is 18.0. The minimum atomic E-state index is -0.00865. The number of nitrogens with zero attached hydrogens (tertiary/aromatic N) is 4. The van der Waals surface area contributed by atoms with Crippen molar-refractivity contribution in [2.45, 2.75) is 66.2 Å². The van der Waals surface area contributed by atoms with Crippen LogP contribution in [0.2, 0.25) is 0 Å². The van der Waals surface area contributed by atoms with Gasteiger partial charge in [0.15, 0.2) is 0 Å². The van der Waals surface area contributed by atoms with E-state index < -0.39 is 0 Å². The molecule has 302 valence electrons. The minimum absolute atomic E-state index is 0. The van der Waals surface area contributed by atoms with Crippen LogP contribution < -0.4 is 9.30 Å². The van der Waals surface area contributed by atoms with Gasteiger partial charge in [-0.25, -0.2) is 4.98 Å². The summed E-state index contributed by atoms with van der Waals surface area (Å²) < 4.78 is 12.7. The van der Waals surface area contributed by atoms with Crippen molar-refractivity contribution in [1.82, 2.24) is 14.1 Å². The first-order valence-electron chi connectivity index (χ1n) is 20.3. The van der Waals surface area contributed by atoms with Gasteiger partial charge < -0.3 is 13.9 Å². The molecule has 0 aliphatic rings. The summed E-state index contributed by atoms with van der Waals surface area (Å²) >= 11 is 0. The Morgan fingerprint density at radius 3 is 2.08 bits per heavy atom. The van der Waals surface area contributed by atoms with Gasteiger partial charge in [-0.3, -0.25) is 4.57 Å². The molecule has 0 spiro atoms. The Balaban J connectivity index is 0.00000499. The van der Waals surface area contributed by atoms with E-state index >= 15 is 0 Å². The maximum atomic E-state index is 6.55. The molecular weight excluding hydrogens is 916 g/mol. The zero-order valence-corrected chi connectivity index (χ0v) is 37.6. The van der Waals surface area contributed by atoms with Crippen LogP contribution in [0, 0.1) is 32.3 Å². The summed E-state index contributed by atoms with van der Waals surface area (Å²) in [5.41, 5.74) is 13.7. The van der Waals surface area contributed by atoms with Crippen LogP contribution in [0.15, 0.2) is 146 Å². The number of aromatic nitrogens is 4. The number of ether oxygens (including phenoxy) is 1. The number of imidazole rings is 1. The molecule has 0 aliphatic heterocycles. The van der Waals surface area contributed by atoms with E-state index in [9.17, 15) is 0 Å². The third-order valence-corrected chi connectivity index (χ3v) is 11.2. The number of hydrogen-bond acceptors (Lipinski definition) is 2. The predicted octanol–water partition coefficient (Wildman–Crippen LogP) is 13.0. The van der Waals surface area contributed by atoms with Gasteiger partial charge in [-0.2, -0.15) is 18.2 Å². The van der Waals surface area contributed by atoms with E-state index in [-0.39, 0.29) is 31.9 Å². The smallest absolute Gasteiger partial charge is 0.267 e. The fourth-order valence-electron chi connectivity index (χ4n) is 8.05. The fourth-order valence-corrected chi connectivity index (χ4v) is 8.05. The number of fused-ring (bicyclic) bond motifs is 3. The average molecular weight is 964 g/mol. The molecule has 0 unspecified atom stereocenters. The Labute approximate surface area is 368 Å². The van der Waals surface area contributed by atoms with Crippen molar-refractivity contribution in [3.63, 3.8) is 0 Å². The number of pyridine rings is 1. The molecule has 6 heteroatoms. The van der Waals surface area contributed by atoms with Crippen molar-refractivity contribution < 1.29 is 30.4 Å². The first-order valence-corrected chi connectivity index (χ1v) is 20.3. The molecule has 0 N–H and O–H groups in total. The molecule has 3 heterocycles. The molecule has 3 aromatic heterocycles. The van der Waals surface area contributed by atoms with Crippen molar-refractivity contribution >= 4 is 21.8 Å². The van der Waals surface area contributed by atoms with Crippen LogP contribution in [-0.4, -0.2) is 14.1 Å². The Morgan fingerprint density at radius 2 is 1.33 bits per heavy atom. The van der Waals surface area contributed by atoms with Gasteiger partial charge in [-0.15, -0.1) is 29.7 Å². The normalized spacial score (nSPS) is 11.9. The second kappa shape index (κ2) is 15.9. The third-order valence-electron chi connectivity index (χ3n) is 11.2. The van der Waals surface area contributed by atoms with Crippen molar-refractivity contribution in [2.24, 2.45) is 0 Å². The van der Waals surface area contributed by atoms with Gasteiger partial charge >= 0.3 is 0 Å². The first kappa shape index (κ1) is 40.7. The average Bonchev–Trinajstić information content (AvgIpc) is 3.84. The van der Waals surface area contributed by atoms with Gasteiger partial charge in [0.05, 0.1) is 5.69 Å². The van der Waals surface area contributed by atoms with Gasteiger partial charge in [0.2, 0.25) is 0 Å². The molecule has 0 saturated heterocycles. The van der Waals surface area contributed by atoms with Crippen molar-refractivity contribution in [3.05, 3.63) is 187 Å². The standard InChI is InChI=1S/C54H48N4O.Pt/c1-36-28-42(54(6,7)8)29-37(2)52(36)40-24-25-55-51(31-40)58-49-23-20-41(53(3,4)5)32-48(49)47-22-21-46(34-50(47)58)59-45-19-13-18-44(33-45)57-27-26-56(35-57)43-17-12-16-39(30-43)38-14-10-9-11-15-38;/h9-32H,1-8H3;/q-2;. The molecule has 0 amide bonds. The molecule has 60 heavy (non-hydrogen) atoms. The Kier molecular flexibility index (Phi) is 10.8. The van der Waals surface area contributed by atoms with Crippen LogP contribution in [0.3, 0.4) is 0 Å². The number of hydrogen-bond donors (Lipinski definition) is 0. The molecule has 0 radical (unpaired) electrons. The molecule has 5 nitrogen and oxygen atoms in total. The largest absolute Gasteiger partial charge is 0.510 e. The molecular formula is C54H48N4OPt-2. The van der Waals surface area contributed by atoms with Crippen LogP contribution >= 0.6 is 0 Å². The Morgan fingerprint density at radius 1 is 0.617 bits per heavy atom. The van der Waals surface area contributed by atoms with Gasteiger partial charge in [-0.05, 0) is 111 Å². The van der Waals surface area contributed by atoms with Gasteiger partial charge in [0.1, 0.15) is 5.82 Å². The van der Waals surface area contributed by atoms with Gasteiger partial charge in [0.25, 0.3) is 6.33 Å². The van der Waals surface area contributed by atoms with E-state index in [1.807, 2.05) is 58.1 Å². The number of benzene rings is 6. The van der Waals surface area contributed by atoms with Gasteiger partial charge in [0, 0.05) is 56.7 Å². The summed E-state index contributed by atoms with van der Waals surface area (Å²) in [6, 6.07) is 51.8. The molecule has 0 bridgehead atoms. The first-order chi connectivity index (χ1) is 28.3. The predicted molar refractivity (Wildman–Crippen MR) is 240 cm³/mol. The minimum Gasteiger partial charge on any atom is -0.510 e. The van der Waals surface area contributed by atoms with E-state index in [0.717, 1.165) is 50.1 Å². The zero-order chi connectivity index (χ0) is 41.1. The molecule has 0 saturated carbocycles. The molecule has 9 rings (SSSR count). The topological polar surface area (TPSA) is 35.9 Å². The van der Waals surface area contributed by atoms with Crippen LogP contribution in [0.25, 0.3) is 61.3 Å². The quantitative estimate of drug-likeness (QED) is 0.118. The molecule has 0 atom stereocenters. The molecule has 0 fully saturated rings. The number of rotatable bonds is 7. The molecule has 0 aliphatic carbocycles. The van der Waals surface area contributed by atoms with Crippen LogP contribution in [0.4, 0.5) is 0 Å². The maximum Gasteiger partial charge on any atom is 0.267 e. The summed E-state index contributed by atoms with van der Waals surface area (Å²) in [7, 11) is 0. The SMILES string of the molecule is Cc1cc(C(C)(C)C)cc(C)c1-c1ccnc(-n2c3[c-]c(Oc4[c-]c(-n5[c-][n+](-c6cccc(-c7ccccc7)c6)cc5)ccc4)ccc3c3cc(C(C)(C)C)ccc32)c1.[Pt]. The van der Waals surface area contributed by atoms with Crippen LogP contribution in [0.1, 0.15) is 63.8 Å². The summed E-state index contributed by atoms with van der Waals surface area (Å²) in [5.74, 6) is 2.01. The second-order valence-corrected chi connectivity index (χ2v) is 17.6. The van der Waals surface area contributed by atoms with E-state index in [0.29, 0.717) is 11.5 Å². The van der Waals surface area contributed by atoms with E-state index in [4.69, 9.17) is 9.72 Å². The maximum absolute atomic E-state index is 6.55. The van der Waals surface area contributed by atoms with Crippen molar-refractivity contribution in [1.29, 1.82) is 0 Å². The zero-order valence-electron chi connectivity index (χ0n) is 35.4. The molecule has 6 aromatic carbocycles. The van der Waals surface area contributed by atoms with Crippen molar-refractivity contribution in [3.8, 4) is 50.9 Å². The summed E-state index contributed by atoms with van der Waals surface area (Å²) in [6.07, 6.45) is 9.36. The van der Waals surface area contributed by atoms with Crippen molar-refractivity contribution in [2.75, 3.05) is 0 Å². The Hall–Kier alpha value is -6.03. The Bertz CT molecular complexity index is 2990.